The Bertz CT molecular complexity index is 2730. The van der Waals surface area contributed by atoms with Gasteiger partial charge >= 0.3 is 0 Å². The molecule has 0 aromatic heterocycles. The molecule has 11 aromatic carbocycles. The van der Waals surface area contributed by atoms with Gasteiger partial charge in [-0.15, -0.1) is 0 Å². The first-order valence-corrected chi connectivity index (χ1v) is 22.8. The van der Waals surface area contributed by atoms with Gasteiger partial charge in [-0.25, -0.2) is 0 Å². The maximum Gasteiger partial charge on any atom is 0.241 e. The maximum absolute atomic E-state index is 2.53. The van der Waals surface area contributed by atoms with Crippen molar-refractivity contribution in [3.05, 3.63) is 279 Å². The molecule has 0 amide bonds. The largest absolute Gasteiger partial charge is 0.310 e. The molecule has 310 valence electrons. The molecular weight excluding hydrogens is 794 g/mol. The second kappa shape index (κ2) is 18.4. The third-order valence-electron chi connectivity index (χ3n) is 12.9. The van der Waals surface area contributed by atoms with Crippen LogP contribution < -0.4 is 42.6 Å². The molecule has 0 bridgehead atoms. The number of para-hydroxylation sites is 4. The van der Waals surface area contributed by atoms with Gasteiger partial charge < -0.3 is 9.80 Å². The molecule has 2 nitrogen and oxygen atoms in total. The van der Waals surface area contributed by atoms with Gasteiger partial charge in [-0.2, -0.15) is 0 Å². The Balaban J connectivity index is 1.31. The molecule has 0 atom stereocenters. The van der Waals surface area contributed by atoms with E-state index in [1.54, 1.807) is 0 Å². The summed E-state index contributed by atoms with van der Waals surface area (Å²) in [5.41, 5.74) is 14.1. The molecule has 0 saturated carbocycles. The third-order valence-corrected chi connectivity index (χ3v) is 12.9. The second-order valence-electron chi connectivity index (χ2n) is 16.8. The number of nitrogens with zero attached hydrogens (tertiary/aromatic N) is 2. The molecule has 4 heteroatoms. The summed E-state index contributed by atoms with van der Waals surface area (Å²) in [4.78, 5) is 4.84. The van der Waals surface area contributed by atoms with Crippen molar-refractivity contribution < 1.29 is 0 Å². The summed E-state index contributed by atoms with van der Waals surface area (Å²) in [7, 11) is 0. The average Bonchev–Trinajstić information content (AvgIpc) is 3.40. The highest BCUT2D eigenvalue weighted by molar-refractivity contribution is 6.98. The standard InChI is InChI=1S/C62H46B2N2/c1-9-25-47(26-10-1)63(48-27-11-2-12-28-48)59-41-43-61(65(51-33-17-5-18-34-51)52-35-19-6-20-36-52)57-46-58-56(45-55(57)59)60(64(49-29-13-3-14-30-49)50-31-15-4-16-32-50)42-44-62(58)66(53-37-21-7-22-38-53)54-39-23-8-24-40-54/h1-46H. The zero-order chi connectivity index (χ0) is 44.1. The SMILES string of the molecule is c1ccc(B(c2ccccc2)c2ccc(N(c3ccccc3)c3ccccc3)c3cc4c(N(c5ccccc5)c5ccccc5)ccc(B(c5ccccc5)c5ccccc5)c4cc23)cc1. The first kappa shape index (κ1) is 40.4. The van der Waals surface area contributed by atoms with Crippen LogP contribution in [-0.4, -0.2) is 13.4 Å². The highest BCUT2D eigenvalue weighted by Gasteiger charge is 2.30. The predicted molar refractivity (Wildman–Crippen MR) is 286 cm³/mol. The third kappa shape index (κ3) is 7.84. The van der Waals surface area contributed by atoms with Crippen molar-refractivity contribution in [3.8, 4) is 0 Å². The summed E-state index contributed by atoms with van der Waals surface area (Å²) in [5, 5.41) is 4.75. The number of rotatable bonds is 12. The monoisotopic (exact) mass is 840 g/mol. The zero-order valence-electron chi connectivity index (χ0n) is 36.6. The Kier molecular flexibility index (Phi) is 11.3. The number of fused-ring (bicyclic) bond motifs is 2. The van der Waals surface area contributed by atoms with Gasteiger partial charge in [-0.3, -0.25) is 0 Å². The average molecular weight is 841 g/mol. The fourth-order valence-electron chi connectivity index (χ4n) is 9.94. The number of anilines is 6. The van der Waals surface area contributed by atoms with Crippen LogP contribution in [0, 0.1) is 0 Å². The zero-order valence-corrected chi connectivity index (χ0v) is 36.6. The van der Waals surface area contributed by atoms with E-state index in [9.17, 15) is 0 Å². The van der Waals surface area contributed by atoms with Gasteiger partial charge in [0.2, 0.25) is 13.4 Å². The molecule has 11 rings (SSSR count). The predicted octanol–water partition coefficient (Wildman–Crippen LogP) is 12.0. The van der Waals surface area contributed by atoms with Crippen molar-refractivity contribution in [3.63, 3.8) is 0 Å². The van der Waals surface area contributed by atoms with E-state index in [4.69, 9.17) is 0 Å². The molecule has 66 heavy (non-hydrogen) atoms. The Hall–Kier alpha value is -8.33. The Morgan fingerprint density at radius 3 is 0.697 bits per heavy atom. The first-order chi connectivity index (χ1) is 32.8. The van der Waals surface area contributed by atoms with Crippen molar-refractivity contribution in [2.24, 2.45) is 0 Å². The van der Waals surface area contributed by atoms with Gasteiger partial charge in [-0.05, 0) is 83.6 Å². The van der Waals surface area contributed by atoms with E-state index in [-0.39, 0.29) is 13.4 Å². The summed E-state index contributed by atoms with van der Waals surface area (Å²) in [6.45, 7) is -0.0572. The summed E-state index contributed by atoms with van der Waals surface area (Å²) in [6, 6.07) is 102. The first-order valence-electron chi connectivity index (χ1n) is 22.8. The lowest BCUT2D eigenvalue weighted by atomic mass is 9.35. The molecule has 11 aromatic rings. The quantitative estimate of drug-likeness (QED) is 0.0893. The summed E-state index contributed by atoms with van der Waals surface area (Å²) in [6.07, 6.45) is 0. The van der Waals surface area contributed by atoms with E-state index in [0.717, 1.165) is 34.1 Å². The molecule has 0 fully saturated rings. The van der Waals surface area contributed by atoms with Crippen LogP contribution in [-0.2, 0) is 0 Å². The molecule has 0 aliphatic heterocycles. The van der Waals surface area contributed by atoms with Crippen LogP contribution in [0.5, 0.6) is 0 Å². The van der Waals surface area contributed by atoms with E-state index in [2.05, 4.69) is 289 Å². The number of hydrogen-bond donors (Lipinski definition) is 0. The fraction of sp³-hybridized carbons (Fsp3) is 0. The van der Waals surface area contributed by atoms with Gasteiger partial charge in [-0.1, -0.05) is 239 Å². The van der Waals surface area contributed by atoms with Crippen LogP contribution in [0.1, 0.15) is 0 Å². The minimum absolute atomic E-state index is 0.0286. The maximum atomic E-state index is 2.53. The lowest BCUT2D eigenvalue weighted by Gasteiger charge is -2.30. The number of benzene rings is 11. The van der Waals surface area contributed by atoms with Gasteiger partial charge in [0, 0.05) is 33.5 Å². The van der Waals surface area contributed by atoms with E-state index in [0.29, 0.717) is 0 Å². The Morgan fingerprint density at radius 2 is 0.439 bits per heavy atom. The highest BCUT2D eigenvalue weighted by atomic mass is 15.1. The lowest BCUT2D eigenvalue weighted by Crippen LogP contribution is -2.52. The number of hydrogen-bond acceptors (Lipinski definition) is 2. The van der Waals surface area contributed by atoms with Crippen LogP contribution in [0.2, 0.25) is 0 Å². The topological polar surface area (TPSA) is 6.48 Å². The lowest BCUT2D eigenvalue weighted by molar-refractivity contribution is 1.29. The van der Waals surface area contributed by atoms with Gasteiger partial charge in [0.25, 0.3) is 0 Å². The van der Waals surface area contributed by atoms with E-state index < -0.39 is 0 Å². The molecular formula is C62H46B2N2. The summed E-state index contributed by atoms with van der Waals surface area (Å²) >= 11 is 0. The van der Waals surface area contributed by atoms with Crippen molar-refractivity contribution >= 4 is 102 Å². The molecule has 0 saturated heterocycles. The fourth-order valence-corrected chi connectivity index (χ4v) is 9.94. The molecule has 0 radical (unpaired) electrons. The molecule has 0 unspecified atom stereocenters. The second-order valence-corrected chi connectivity index (χ2v) is 16.8. The molecule has 0 spiro atoms. The Labute approximate surface area is 388 Å². The van der Waals surface area contributed by atoms with Crippen LogP contribution in [0.15, 0.2) is 279 Å². The van der Waals surface area contributed by atoms with Crippen molar-refractivity contribution in [2.45, 2.75) is 0 Å². The molecule has 0 aliphatic carbocycles. The van der Waals surface area contributed by atoms with Crippen LogP contribution in [0.4, 0.5) is 34.1 Å². The van der Waals surface area contributed by atoms with Crippen molar-refractivity contribution in [1.82, 2.24) is 0 Å². The Morgan fingerprint density at radius 1 is 0.212 bits per heavy atom. The van der Waals surface area contributed by atoms with Gasteiger partial charge in [0.05, 0.1) is 11.4 Å². The smallest absolute Gasteiger partial charge is 0.241 e. The van der Waals surface area contributed by atoms with Crippen molar-refractivity contribution in [1.29, 1.82) is 0 Å². The van der Waals surface area contributed by atoms with Gasteiger partial charge in [0.1, 0.15) is 0 Å². The van der Waals surface area contributed by atoms with E-state index in [1.165, 1.54) is 54.3 Å². The summed E-state index contributed by atoms with van der Waals surface area (Å²) in [5.74, 6) is 0. The highest BCUT2D eigenvalue weighted by Crippen LogP contribution is 2.43. The van der Waals surface area contributed by atoms with Gasteiger partial charge in [0.15, 0.2) is 0 Å². The molecule has 0 N–H and O–H groups in total. The van der Waals surface area contributed by atoms with Crippen LogP contribution in [0.25, 0.3) is 21.5 Å². The minimum Gasteiger partial charge on any atom is -0.310 e. The normalized spacial score (nSPS) is 11.0. The summed E-state index contributed by atoms with van der Waals surface area (Å²) < 4.78 is 0. The molecule has 0 aliphatic rings. The van der Waals surface area contributed by atoms with E-state index in [1.807, 2.05) is 0 Å². The minimum atomic E-state index is -0.0286. The van der Waals surface area contributed by atoms with Crippen molar-refractivity contribution in [2.75, 3.05) is 9.80 Å². The van der Waals surface area contributed by atoms with Crippen LogP contribution in [0.3, 0.4) is 0 Å². The van der Waals surface area contributed by atoms with Crippen LogP contribution >= 0.6 is 0 Å². The van der Waals surface area contributed by atoms with E-state index >= 15 is 0 Å². The molecule has 0 heterocycles.